The van der Waals surface area contributed by atoms with E-state index in [0.29, 0.717) is 21.9 Å². The lowest BCUT2D eigenvalue weighted by molar-refractivity contribution is 0.659. The summed E-state index contributed by atoms with van der Waals surface area (Å²) in [6.45, 7) is 0. The Balaban J connectivity index is 2.19. The van der Waals surface area contributed by atoms with Crippen molar-refractivity contribution in [3.8, 4) is 11.3 Å². The third-order valence-corrected chi connectivity index (χ3v) is 3.44. The molecule has 3 aromatic heterocycles. The maximum Gasteiger partial charge on any atom is 0.202 e. The van der Waals surface area contributed by atoms with Gasteiger partial charge in [0.1, 0.15) is 11.2 Å². The summed E-state index contributed by atoms with van der Waals surface area (Å²) in [4.78, 5) is 21.1. The quantitative estimate of drug-likeness (QED) is 0.499. The predicted octanol–water partition coefficient (Wildman–Crippen LogP) is 3.40. The van der Waals surface area contributed by atoms with Crippen LogP contribution in [0.4, 0.5) is 0 Å². The van der Waals surface area contributed by atoms with E-state index >= 15 is 0 Å². The van der Waals surface area contributed by atoms with E-state index in [4.69, 9.17) is 4.42 Å². The molecule has 3 heterocycles. The van der Waals surface area contributed by atoms with E-state index in [-0.39, 0.29) is 5.43 Å². The molecule has 0 unspecified atom stereocenters. The molecule has 4 aromatic rings. The Labute approximate surface area is 119 Å². The molecular weight excluding hydrogens is 264 g/mol. The monoisotopic (exact) mass is 274 g/mol. The van der Waals surface area contributed by atoms with Crippen LogP contribution in [0.1, 0.15) is 0 Å². The fourth-order valence-corrected chi connectivity index (χ4v) is 2.48. The number of nitrogens with zero attached hydrogens (tertiary/aromatic N) is 2. The molecule has 4 heteroatoms. The third-order valence-electron chi connectivity index (χ3n) is 3.44. The van der Waals surface area contributed by atoms with Crippen molar-refractivity contribution in [1.29, 1.82) is 0 Å². The Morgan fingerprint density at radius 3 is 2.71 bits per heavy atom. The molecule has 0 atom stereocenters. The van der Waals surface area contributed by atoms with E-state index in [9.17, 15) is 4.79 Å². The highest BCUT2D eigenvalue weighted by Crippen LogP contribution is 2.26. The Morgan fingerprint density at radius 2 is 1.86 bits per heavy atom. The van der Waals surface area contributed by atoms with Crippen LogP contribution in [0, 0.1) is 0 Å². The minimum Gasteiger partial charge on any atom is -0.456 e. The molecule has 4 nitrogen and oxygen atoms in total. The lowest BCUT2D eigenvalue weighted by Gasteiger charge is -2.06. The van der Waals surface area contributed by atoms with Crippen LogP contribution in [-0.4, -0.2) is 9.97 Å². The van der Waals surface area contributed by atoms with Gasteiger partial charge in [-0.2, -0.15) is 0 Å². The fraction of sp³-hybridized carbons (Fsp3) is 0. The van der Waals surface area contributed by atoms with Gasteiger partial charge in [-0.1, -0.05) is 18.2 Å². The average molecular weight is 274 g/mol. The fourth-order valence-electron chi connectivity index (χ4n) is 2.48. The molecule has 0 bridgehead atoms. The highest BCUT2D eigenvalue weighted by molar-refractivity contribution is 5.98. The van der Waals surface area contributed by atoms with Crippen LogP contribution in [-0.2, 0) is 0 Å². The Morgan fingerprint density at radius 1 is 0.905 bits per heavy atom. The van der Waals surface area contributed by atoms with Crippen LogP contribution in [0.5, 0.6) is 0 Å². The smallest absolute Gasteiger partial charge is 0.202 e. The maximum atomic E-state index is 12.8. The standard InChI is InChI=1S/C17H10N2O2/c20-17-12-10-18-9-7-14(12)21-15-6-3-4-11(16(15)17)13-5-1-2-8-19-13/h1-10H. The van der Waals surface area contributed by atoms with Crippen molar-refractivity contribution in [2.45, 2.75) is 0 Å². The van der Waals surface area contributed by atoms with Crippen LogP contribution in [0.2, 0.25) is 0 Å². The minimum atomic E-state index is -0.0828. The number of hydrogen-bond donors (Lipinski definition) is 0. The van der Waals surface area contributed by atoms with E-state index in [1.54, 1.807) is 24.5 Å². The minimum absolute atomic E-state index is 0.0828. The number of benzene rings is 1. The van der Waals surface area contributed by atoms with E-state index in [1.165, 1.54) is 6.20 Å². The van der Waals surface area contributed by atoms with E-state index in [0.717, 1.165) is 11.3 Å². The first kappa shape index (κ1) is 11.8. The summed E-state index contributed by atoms with van der Waals surface area (Å²) in [5.74, 6) is 0. The summed E-state index contributed by atoms with van der Waals surface area (Å²) in [7, 11) is 0. The van der Waals surface area contributed by atoms with Gasteiger partial charge in [-0.15, -0.1) is 0 Å². The molecule has 100 valence electrons. The molecule has 1 aromatic carbocycles. The lowest BCUT2D eigenvalue weighted by Crippen LogP contribution is -2.04. The van der Waals surface area contributed by atoms with Crippen LogP contribution >= 0.6 is 0 Å². The van der Waals surface area contributed by atoms with Crippen molar-refractivity contribution in [3.63, 3.8) is 0 Å². The van der Waals surface area contributed by atoms with Gasteiger partial charge in [0, 0.05) is 24.2 Å². The lowest BCUT2D eigenvalue weighted by atomic mass is 10.0. The molecule has 0 amide bonds. The summed E-state index contributed by atoms with van der Waals surface area (Å²) in [5.41, 5.74) is 2.54. The normalized spacial score (nSPS) is 11.0. The Hall–Kier alpha value is -3.01. The molecule has 0 radical (unpaired) electrons. The third kappa shape index (κ3) is 1.80. The van der Waals surface area contributed by atoms with Crippen molar-refractivity contribution in [2.75, 3.05) is 0 Å². The van der Waals surface area contributed by atoms with Gasteiger partial charge < -0.3 is 4.42 Å². The summed E-state index contributed by atoms with van der Waals surface area (Å²) in [6.07, 6.45) is 4.86. The van der Waals surface area contributed by atoms with Gasteiger partial charge >= 0.3 is 0 Å². The first-order chi connectivity index (χ1) is 10.3. The summed E-state index contributed by atoms with van der Waals surface area (Å²) >= 11 is 0. The molecule has 0 saturated heterocycles. The summed E-state index contributed by atoms with van der Waals surface area (Å²) in [5, 5.41) is 1.02. The molecule has 0 N–H and O–H groups in total. The van der Waals surface area contributed by atoms with Gasteiger partial charge in [-0.3, -0.25) is 14.8 Å². The van der Waals surface area contributed by atoms with Crippen molar-refractivity contribution < 1.29 is 4.42 Å². The zero-order valence-corrected chi connectivity index (χ0v) is 11.0. The SMILES string of the molecule is O=c1c2cnccc2oc2cccc(-c3ccccn3)c12. The van der Waals surface area contributed by atoms with E-state index < -0.39 is 0 Å². The number of rotatable bonds is 1. The Bertz CT molecular complexity index is 1010. The van der Waals surface area contributed by atoms with Crippen molar-refractivity contribution in [2.24, 2.45) is 0 Å². The number of fused-ring (bicyclic) bond motifs is 2. The van der Waals surface area contributed by atoms with Crippen LogP contribution in [0.3, 0.4) is 0 Å². The van der Waals surface area contributed by atoms with Gasteiger partial charge in [-0.25, -0.2) is 0 Å². The van der Waals surface area contributed by atoms with Crippen molar-refractivity contribution >= 4 is 21.9 Å². The van der Waals surface area contributed by atoms with Gasteiger partial charge in [-0.05, 0) is 24.3 Å². The molecule has 0 fully saturated rings. The van der Waals surface area contributed by atoms with Gasteiger partial charge in [0.2, 0.25) is 5.43 Å². The second-order valence-electron chi connectivity index (χ2n) is 4.70. The molecule has 0 aliphatic rings. The van der Waals surface area contributed by atoms with Crippen LogP contribution < -0.4 is 5.43 Å². The van der Waals surface area contributed by atoms with Gasteiger partial charge in [0.05, 0.1) is 16.5 Å². The average Bonchev–Trinajstić information content (AvgIpc) is 2.55. The highest BCUT2D eigenvalue weighted by Gasteiger charge is 2.13. The first-order valence-electron chi connectivity index (χ1n) is 6.55. The maximum absolute atomic E-state index is 12.8. The van der Waals surface area contributed by atoms with Crippen LogP contribution in [0.25, 0.3) is 33.2 Å². The Kier molecular flexibility index (Phi) is 2.54. The molecule has 0 saturated carbocycles. The topological polar surface area (TPSA) is 56.0 Å². The summed E-state index contributed by atoms with van der Waals surface area (Å²) in [6, 6.07) is 12.8. The number of aromatic nitrogens is 2. The van der Waals surface area contributed by atoms with E-state index in [2.05, 4.69) is 9.97 Å². The van der Waals surface area contributed by atoms with E-state index in [1.807, 2.05) is 30.3 Å². The molecule has 0 aliphatic carbocycles. The van der Waals surface area contributed by atoms with Gasteiger partial charge in [0.25, 0.3) is 0 Å². The molecule has 21 heavy (non-hydrogen) atoms. The highest BCUT2D eigenvalue weighted by atomic mass is 16.3. The molecular formula is C17H10N2O2. The largest absolute Gasteiger partial charge is 0.456 e. The summed E-state index contributed by atoms with van der Waals surface area (Å²) < 4.78 is 5.82. The molecule has 0 spiro atoms. The van der Waals surface area contributed by atoms with Crippen LogP contribution in [0.15, 0.2) is 70.3 Å². The zero-order valence-electron chi connectivity index (χ0n) is 11.0. The second kappa shape index (κ2) is 4.52. The van der Waals surface area contributed by atoms with Crippen molar-refractivity contribution in [1.82, 2.24) is 9.97 Å². The predicted molar refractivity (Wildman–Crippen MR) is 81.0 cm³/mol. The zero-order chi connectivity index (χ0) is 14.2. The first-order valence-corrected chi connectivity index (χ1v) is 6.55. The van der Waals surface area contributed by atoms with Crippen molar-refractivity contribution in [3.05, 3.63) is 71.3 Å². The molecule has 4 rings (SSSR count). The number of hydrogen-bond acceptors (Lipinski definition) is 4. The molecule has 0 aliphatic heterocycles. The number of pyridine rings is 2. The second-order valence-corrected chi connectivity index (χ2v) is 4.70. The van der Waals surface area contributed by atoms with Gasteiger partial charge in [0.15, 0.2) is 0 Å².